The van der Waals surface area contributed by atoms with Gasteiger partial charge in [0, 0.05) is 7.11 Å². The molecule has 0 aliphatic heterocycles. The van der Waals surface area contributed by atoms with Crippen LogP contribution in [0.5, 0.6) is 0 Å². The molecule has 1 N–H and O–H groups in total. The molecule has 1 saturated carbocycles. The second-order valence-corrected chi connectivity index (χ2v) is 6.94. The molecule has 5 heteroatoms. The van der Waals surface area contributed by atoms with E-state index < -0.39 is 5.60 Å². The van der Waals surface area contributed by atoms with Crippen LogP contribution in [0.15, 0.2) is 9.27 Å². The maximum Gasteiger partial charge on any atom is 0.265 e. The fourth-order valence-corrected chi connectivity index (χ4v) is 3.49. The van der Waals surface area contributed by atoms with Gasteiger partial charge in [0.15, 0.2) is 0 Å². The molecule has 0 spiro atoms. The number of nitrogens with zero attached hydrogens (tertiary/aromatic N) is 1. The molecule has 0 radical (unpaired) electrons. The van der Waals surface area contributed by atoms with Gasteiger partial charge in [-0.3, -0.25) is 4.79 Å². The Bertz CT molecular complexity index is 531. The van der Waals surface area contributed by atoms with Crippen molar-refractivity contribution in [2.24, 2.45) is 5.92 Å². The molecule has 4 nitrogen and oxygen atoms in total. The van der Waals surface area contributed by atoms with Crippen molar-refractivity contribution in [3.8, 4) is 0 Å². The van der Waals surface area contributed by atoms with Crippen molar-refractivity contribution in [1.82, 2.24) is 9.97 Å². The zero-order valence-electron chi connectivity index (χ0n) is 12.6. The second-order valence-electron chi connectivity index (χ2n) is 6.15. The average Bonchev–Trinajstić information content (AvgIpc) is 2.42. The lowest BCUT2D eigenvalue weighted by Gasteiger charge is -2.37. The van der Waals surface area contributed by atoms with E-state index in [-0.39, 0.29) is 11.5 Å². The first kappa shape index (κ1) is 15.7. The highest BCUT2D eigenvalue weighted by Crippen LogP contribution is 2.40. The molecule has 20 heavy (non-hydrogen) atoms. The van der Waals surface area contributed by atoms with Gasteiger partial charge in [-0.1, -0.05) is 20.8 Å². The summed E-state index contributed by atoms with van der Waals surface area (Å²) < 4.78 is 6.33. The van der Waals surface area contributed by atoms with Crippen LogP contribution >= 0.6 is 15.9 Å². The summed E-state index contributed by atoms with van der Waals surface area (Å²) in [6.07, 6.45) is 4.02. The molecule has 0 unspecified atom stereocenters. The molecule has 0 amide bonds. The highest BCUT2D eigenvalue weighted by molar-refractivity contribution is 9.10. The Hall–Kier alpha value is -0.680. The first-order valence-electron chi connectivity index (χ1n) is 7.25. The van der Waals surface area contributed by atoms with Crippen molar-refractivity contribution < 1.29 is 4.74 Å². The first-order chi connectivity index (χ1) is 9.39. The minimum Gasteiger partial charge on any atom is -0.370 e. The Balaban J connectivity index is 2.48. The SMILES string of the molecule is COC1(c2nc(C(C)C)c(Br)c(=O)[nH]2)CCC(C)CC1. The molecular formula is C15H23BrN2O2. The minimum atomic E-state index is -0.435. The van der Waals surface area contributed by atoms with Crippen molar-refractivity contribution in [1.29, 1.82) is 0 Å². The van der Waals surface area contributed by atoms with Gasteiger partial charge in [0.25, 0.3) is 5.56 Å². The van der Waals surface area contributed by atoms with Gasteiger partial charge in [0.1, 0.15) is 15.9 Å². The number of hydrogen-bond donors (Lipinski definition) is 1. The quantitative estimate of drug-likeness (QED) is 0.910. The van der Waals surface area contributed by atoms with Crippen molar-refractivity contribution in [3.05, 3.63) is 26.3 Å². The monoisotopic (exact) mass is 342 g/mol. The molecule has 1 aliphatic rings. The van der Waals surface area contributed by atoms with Crippen LogP contribution in [-0.4, -0.2) is 17.1 Å². The lowest BCUT2D eigenvalue weighted by atomic mass is 9.79. The van der Waals surface area contributed by atoms with E-state index in [1.165, 1.54) is 0 Å². The van der Waals surface area contributed by atoms with E-state index in [0.717, 1.165) is 31.4 Å². The van der Waals surface area contributed by atoms with Crippen LogP contribution in [0.2, 0.25) is 0 Å². The number of hydrogen-bond acceptors (Lipinski definition) is 3. The van der Waals surface area contributed by atoms with E-state index in [1.807, 2.05) is 13.8 Å². The van der Waals surface area contributed by atoms with E-state index in [4.69, 9.17) is 9.72 Å². The fourth-order valence-electron chi connectivity index (χ4n) is 2.84. The average molecular weight is 343 g/mol. The van der Waals surface area contributed by atoms with Crippen molar-refractivity contribution in [2.45, 2.75) is 58.0 Å². The van der Waals surface area contributed by atoms with Crippen LogP contribution in [0.4, 0.5) is 0 Å². The Morgan fingerprint density at radius 3 is 2.50 bits per heavy atom. The normalized spacial score (nSPS) is 27.0. The van der Waals surface area contributed by atoms with Gasteiger partial charge in [-0.05, 0) is 53.4 Å². The van der Waals surface area contributed by atoms with Crippen LogP contribution in [0.3, 0.4) is 0 Å². The van der Waals surface area contributed by atoms with Crippen LogP contribution in [-0.2, 0) is 10.3 Å². The Morgan fingerprint density at radius 2 is 2.00 bits per heavy atom. The minimum absolute atomic E-state index is 0.117. The smallest absolute Gasteiger partial charge is 0.265 e. The summed E-state index contributed by atoms with van der Waals surface area (Å²) in [5.74, 6) is 1.59. The maximum atomic E-state index is 12.1. The van der Waals surface area contributed by atoms with E-state index in [0.29, 0.717) is 16.2 Å². The zero-order chi connectivity index (χ0) is 14.9. The van der Waals surface area contributed by atoms with Gasteiger partial charge in [-0.2, -0.15) is 0 Å². The number of aromatic nitrogens is 2. The molecule has 1 fully saturated rings. The van der Waals surface area contributed by atoms with Crippen LogP contribution in [0.25, 0.3) is 0 Å². The number of rotatable bonds is 3. The van der Waals surface area contributed by atoms with E-state index in [1.54, 1.807) is 7.11 Å². The largest absolute Gasteiger partial charge is 0.370 e. The second kappa shape index (κ2) is 5.98. The molecule has 1 aromatic rings. The molecule has 2 rings (SSSR count). The Kier molecular flexibility index (Phi) is 4.69. The topological polar surface area (TPSA) is 55.0 Å². The maximum absolute atomic E-state index is 12.1. The molecule has 0 atom stereocenters. The first-order valence-corrected chi connectivity index (χ1v) is 8.04. The number of aromatic amines is 1. The van der Waals surface area contributed by atoms with Crippen molar-refractivity contribution >= 4 is 15.9 Å². The lowest BCUT2D eigenvalue weighted by molar-refractivity contribution is -0.0601. The van der Waals surface area contributed by atoms with Crippen LogP contribution in [0.1, 0.15) is 63.9 Å². The van der Waals surface area contributed by atoms with Crippen molar-refractivity contribution in [2.75, 3.05) is 7.11 Å². The van der Waals surface area contributed by atoms with Gasteiger partial charge in [0.05, 0.1) is 5.69 Å². The molecular weight excluding hydrogens is 320 g/mol. The molecule has 0 aromatic carbocycles. The van der Waals surface area contributed by atoms with Crippen LogP contribution in [0, 0.1) is 5.92 Å². The fraction of sp³-hybridized carbons (Fsp3) is 0.733. The number of ether oxygens (including phenoxy) is 1. The van der Waals surface area contributed by atoms with Gasteiger partial charge in [-0.15, -0.1) is 0 Å². The highest BCUT2D eigenvalue weighted by Gasteiger charge is 2.38. The molecule has 1 heterocycles. The van der Waals surface area contributed by atoms with Gasteiger partial charge < -0.3 is 9.72 Å². The number of halogens is 1. The van der Waals surface area contributed by atoms with Gasteiger partial charge in [-0.25, -0.2) is 4.98 Å². The molecule has 0 saturated heterocycles. The van der Waals surface area contributed by atoms with Gasteiger partial charge in [0.2, 0.25) is 0 Å². The number of H-pyrrole nitrogens is 1. The summed E-state index contributed by atoms with van der Waals surface area (Å²) in [5, 5.41) is 0. The third kappa shape index (κ3) is 2.84. The zero-order valence-corrected chi connectivity index (χ0v) is 14.2. The molecule has 1 aromatic heterocycles. The molecule has 0 bridgehead atoms. The summed E-state index contributed by atoms with van der Waals surface area (Å²) in [6, 6.07) is 0. The highest BCUT2D eigenvalue weighted by atomic mass is 79.9. The molecule has 1 aliphatic carbocycles. The van der Waals surface area contributed by atoms with Crippen molar-refractivity contribution in [3.63, 3.8) is 0 Å². The van der Waals surface area contributed by atoms with E-state index >= 15 is 0 Å². The van der Waals surface area contributed by atoms with Gasteiger partial charge >= 0.3 is 0 Å². The van der Waals surface area contributed by atoms with Crippen LogP contribution < -0.4 is 5.56 Å². The summed E-state index contributed by atoms with van der Waals surface area (Å²) in [6.45, 7) is 6.34. The molecule has 112 valence electrons. The lowest BCUT2D eigenvalue weighted by Crippen LogP contribution is -2.37. The summed E-state index contributed by atoms with van der Waals surface area (Å²) >= 11 is 3.34. The third-order valence-electron chi connectivity index (χ3n) is 4.34. The number of nitrogens with one attached hydrogen (secondary N) is 1. The Labute approximate surface area is 128 Å². The third-order valence-corrected chi connectivity index (χ3v) is 5.11. The van der Waals surface area contributed by atoms with E-state index in [2.05, 4.69) is 27.8 Å². The summed E-state index contributed by atoms with van der Waals surface area (Å²) in [4.78, 5) is 19.7. The predicted octanol–water partition coefficient (Wildman–Crippen LogP) is 3.71. The summed E-state index contributed by atoms with van der Waals surface area (Å²) in [5.41, 5.74) is 0.253. The Morgan fingerprint density at radius 1 is 1.40 bits per heavy atom. The predicted molar refractivity (Wildman–Crippen MR) is 83.0 cm³/mol. The number of methoxy groups -OCH3 is 1. The standard InChI is InChI=1S/C15H23BrN2O2/c1-9(2)12-11(16)13(19)18-14(17-12)15(20-4)7-5-10(3)6-8-15/h9-10H,5-8H2,1-4H3,(H,17,18,19). The summed E-state index contributed by atoms with van der Waals surface area (Å²) in [7, 11) is 1.72. The van der Waals surface area contributed by atoms with E-state index in [9.17, 15) is 4.79 Å².